The van der Waals surface area contributed by atoms with Gasteiger partial charge >= 0.3 is 0 Å². The molecule has 0 aliphatic carbocycles. The smallest absolute Gasteiger partial charge is 0.118 e. The van der Waals surface area contributed by atoms with E-state index in [9.17, 15) is 0 Å². The number of ether oxygens (including phenoxy) is 1. The molecule has 1 aromatic carbocycles. The van der Waals surface area contributed by atoms with Crippen molar-refractivity contribution in [1.29, 1.82) is 0 Å². The molecule has 0 bridgehead atoms. The number of methoxy groups -OCH3 is 1. The SMILES string of the molecule is C=CCCCC(CCc1ccc(OC)cc1)NCCC. The second-order valence-corrected chi connectivity index (χ2v) is 5.26. The lowest BCUT2D eigenvalue weighted by Gasteiger charge is -2.18. The van der Waals surface area contributed by atoms with Gasteiger partial charge in [-0.1, -0.05) is 25.1 Å². The maximum Gasteiger partial charge on any atom is 0.118 e. The number of allylic oxidation sites excluding steroid dienone is 1. The van der Waals surface area contributed by atoms with E-state index in [1.165, 1.54) is 31.2 Å². The molecule has 0 saturated carbocycles. The fourth-order valence-corrected chi connectivity index (χ4v) is 2.34. The molecule has 1 rings (SSSR count). The first kappa shape index (κ1) is 16.8. The van der Waals surface area contributed by atoms with E-state index >= 15 is 0 Å². The highest BCUT2D eigenvalue weighted by Gasteiger charge is 2.07. The molecule has 0 aliphatic heterocycles. The topological polar surface area (TPSA) is 21.3 Å². The number of hydrogen-bond donors (Lipinski definition) is 1. The fraction of sp³-hybridized carbons (Fsp3) is 0.556. The van der Waals surface area contributed by atoms with Crippen LogP contribution in [-0.4, -0.2) is 19.7 Å². The van der Waals surface area contributed by atoms with Gasteiger partial charge in [0.15, 0.2) is 0 Å². The maximum atomic E-state index is 5.19. The molecule has 1 atom stereocenters. The van der Waals surface area contributed by atoms with Crippen molar-refractivity contribution >= 4 is 0 Å². The fourth-order valence-electron chi connectivity index (χ4n) is 2.34. The van der Waals surface area contributed by atoms with Gasteiger partial charge in [-0.15, -0.1) is 6.58 Å². The first-order valence-corrected chi connectivity index (χ1v) is 7.77. The Morgan fingerprint density at radius 2 is 2.00 bits per heavy atom. The van der Waals surface area contributed by atoms with Gasteiger partial charge in [0.05, 0.1) is 7.11 Å². The van der Waals surface area contributed by atoms with Crippen molar-refractivity contribution in [3.8, 4) is 5.75 Å². The Kier molecular flexibility index (Phi) is 8.81. The van der Waals surface area contributed by atoms with Crippen molar-refractivity contribution < 1.29 is 4.74 Å². The van der Waals surface area contributed by atoms with E-state index in [2.05, 4.69) is 31.0 Å². The molecule has 0 heterocycles. The number of aryl methyl sites for hydroxylation is 1. The zero-order valence-electron chi connectivity index (χ0n) is 13.0. The summed E-state index contributed by atoms with van der Waals surface area (Å²) < 4.78 is 5.19. The predicted molar refractivity (Wildman–Crippen MR) is 87.4 cm³/mol. The summed E-state index contributed by atoms with van der Waals surface area (Å²) >= 11 is 0. The quantitative estimate of drug-likeness (QED) is 0.479. The Hall–Kier alpha value is -1.28. The van der Waals surface area contributed by atoms with Gasteiger partial charge in [0.2, 0.25) is 0 Å². The van der Waals surface area contributed by atoms with Crippen LogP contribution in [-0.2, 0) is 6.42 Å². The third kappa shape index (κ3) is 6.76. The van der Waals surface area contributed by atoms with Crippen LogP contribution < -0.4 is 10.1 Å². The first-order chi connectivity index (χ1) is 9.80. The molecule has 1 N–H and O–H groups in total. The number of benzene rings is 1. The van der Waals surface area contributed by atoms with Crippen molar-refractivity contribution in [3.63, 3.8) is 0 Å². The molecule has 0 spiro atoms. The minimum Gasteiger partial charge on any atom is -0.497 e. The average molecular weight is 275 g/mol. The highest BCUT2D eigenvalue weighted by Crippen LogP contribution is 2.15. The average Bonchev–Trinajstić information content (AvgIpc) is 2.50. The maximum absolute atomic E-state index is 5.19. The Morgan fingerprint density at radius 3 is 2.60 bits per heavy atom. The molecule has 0 aromatic heterocycles. The Labute approximate surface area is 124 Å². The largest absolute Gasteiger partial charge is 0.497 e. The first-order valence-electron chi connectivity index (χ1n) is 7.77. The van der Waals surface area contributed by atoms with E-state index in [-0.39, 0.29) is 0 Å². The lowest BCUT2D eigenvalue weighted by molar-refractivity contribution is 0.414. The molecule has 0 amide bonds. The van der Waals surface area contributed by atoms with E-state index in [1.807, 2.05) is 18.2 Å². The van der Waals surface area contributed by atoms with Crippen LogP contribution in [0.25, 0.3) is 0 Å². The molecule has 1 aromatic rings. The normalized spacial score (nSPS) is 12.1. The van der Waals surface area contributed by atoms with Gasteiger partial charge in [-0.05, 0) is 62.8 Å². The second kappa shape index (κ2) is 10.5. The van der Waals surface area contributed by atoms with Gasteiger partial charge in [-0.25, -0.2) is 0 Å². The molecule has 2 nitrogen and oxygen atoms in total. The van der Waals surface area contributed by atoms with E-state index in [0.29, 0.717) is 6.04 Å². The predicted octanol–water partition coefficient (Wildman–Crippen LogP) is 4.35. The minimum atomic E-state index is 0.622. The molecular formula is C18H29NO. The number of rotatable bonds is 11. The molecular weight excluding hydrogens is 246 g/mol. The summed E-state index contributed by atoms with van der Waals surface area (Å²) in [5.74, 6) is 0.931. The number of hydrogen-bond acceptors (Lipinski definition) is 2. The summed E-state index contributed by atoms with van der Waals surface area (Å²) in [5, 5.41) is 3.66. The van der Waals surface area contributed by atoms with Crippen molar-refractivity contribution in [3.05, 3.63) is 42.5 Å². The Bertz CT molecular complexity index is 358. The van der Waals surface area contributed by atoms with Gasteiger partial charge in [-0.3, -0.25) is 0 Å². The lowest BCUT2D eigenvalue weighted by atomic mass is 10.0. The second-order valence-electron chi connectivity index (χ2n) is 5.26. The lowest BCUT2D eigenvalue weighted by Crippen LogP contribution is -2.30. The number of nitrogens with one attached hydrogen (secondary N) is 1. The van der Waals surface area contributed by atoms with Crippen LogP contribution >= 0.6 is 0 Å². The Balaban J connectivity index is 2.39. The van der Waals surface area contributed by atoms with Crippen molar-refractivity contribution in [2.45, 2.75) is 51.5 Å². The molecule has 0 saturated heterocycles. The van der Waals surface area contributed by atoms with Crippen molar-refractivity contribution in [2.24, 2.45) is 0 Å². The van der Waals surface area contributed by atoms with Crippen LogP contribution in [0.1, 0.15) is 44.6 Å². The molecule has 0 aliphatic rings. The summed E-state index contributed by atoms with van der Waals surface area (Å²) in [4.78, 5) is 0. The third-order valence-corrected chi connectivity index (χ3v) is 3.58. The standard InChI is InChI=1S/C18H29NO/c1-4-6-7-8-17(19-15-5-2)12-9-16-10-13-18(20-3)14-11-16/h4,10-11,13-14,17,19H,1,5-9,12,15H2,2-3H3. The molecule has 20 heavy (non-hydrogen) atoms. The van der Waals surface area contributed by atoms with Gasteiger partial charge in [0.1, 0.15) is 5.75 Å². The zero-order valence-corrected chi connectivity index (χ0v) is 13.0. The van der Waals surface area contributed by atoms with Crippen LogP contribution in [0, 0.1) is 0 Å². The van der Waals surface area contributed by atoms with Crippen LogP contribution in [0.15, 0.2) is 36.9 Å². The van der Waals surface area contributed by atoms with E-state index < -0.39 is 0 Å². The Morgan fingerprint density at radius 1 is 1.25 bits per heavy atom. The molecule has 1 unspecified atom stereocenters. The van der Waals surface area contributed by atoms with Gasteiger partial charge in [0, 0.05) is 6.04 Å². The van der Waals surface area contributed by atoms with Crippen molar-refractivity contribution in [1.82, 2.24) is 5.32 Å². The van der Waals surface area contributed by atoms with Crippen LogP contribution in [0.5, 0.6) is 5.75 Å². The summed E-state index contributed by atoms with van der Waals surface area (Å²) in [5.41, 5.74) is 1.39. The number of unbranched alkanes of at least 4 members (excludes halogenated alkanes) is 1. The van der Waals surface area contributed by atoms with Crippen molar-refractivity contribution in [2.75, 3.05) is 13.7 Å². The van der Waals surface area contributed by atoms with E-state index in [1.54, 1.807) is 7.11 Å². The third-order valence-electron chi connectivity index (χ3n) is 3.58. The monoisotopic (exact) mass is 275 g/mol. The summed E-state index contributed by atoms with van der Waals surface area (Å²) in [6.45, 7) is 7.13. The molecule has 112 valence electrons. The van der Waals surface area contributed by atoms with Crippen LogP contribution in [0.4, 0.5) is 0 Å². The van der Waals surface area contributed by atoms with E-state index in [0.717, 1.165) is 25.1 Å². The van der Waals surface area contributed by atoms with Crippen LogP contribution in [0.3, 0.4) is 0 Å². The summed E-state index contributed by atoms with van der Waals surface area (Å²) in [6, 6.07) is 9.04. The molecule has 0 fully saturated rings. The van der Waals surface area contributed by atoms with Gasteiger partial charge in [0.25, 0.3) is 0 Å². The highest BCUT2D eigenvalue weighted by atomic mass is 16.5. The zero-order chi connectivity index (χ0) is 14.6. The minimum absolute atomic E-state index is 0.622. The van der Waals surface area contributed by atoms with Gasteiger partial charge in [-0.2, -0.15) is 0 Å². The molecule has 2 heteroatoms. The summed E-state index contributed by atoms with van der Waals surface area (Å²) in [7, 11) is 1.71. The van der Waals surface area contributed by atoms with E-state index in [4.69, 9.17) is 4.74 Å². The van der Waals surface area contributed by atoms with Crippen LogP contribution in [0.2, 0.25) is 0 Å². The molecule has 0 radical (unpaired) electrons. The highest BCUT2D eigenvalue weighted by molar-refractivity contribution is 5.27. The van der Waals surface area contributed by atoms with Gasteiger partial charge < -0.3 is 10.1 Å². The summed E-state index contributed by atoms with van der Waals surface area (Å²) in [6.07, 6.45) is 9.12.